The lowest BCUT2D eigenvalue weighted by atomic mass is 10.1. The largest absolute Gasteiger partial charge is 0.465 e. The number of hydrogen-bond donors (Lipinski definition) is 3. The maximum Gasteiger partial charge on any atom is 0.402 e. The molecule has 102 valence electrons. The first-order chi connectivity index (χ1) is 8.38. The number of amides is 1. The van der Waals surface area contributed by atoms with E-state index in [9.17, 15) is 0 Å². The zero-order valence-electron chi connectivity index (χ0n) is 11.7. The highest BCUT2D eigenvalue weighted by molar-refractivity contribution is 5.61. The van der Waals surface area contributed by atoms with E-state index < -0.39 is 6.09 Å². The van der Waals surface area contributed by atoms with Gasteiger partial charge in [0.25, 0.3) is 0 Å². The lowest BCUT2D eigenvalue weighted by molar-refractivity contribution is 0.205. The van der Waals surface area contributed by atoms with Gasteiger partial charge in [0.1, 0.15) is 0 Å². The number of hydrogen-bond acceptors (Lipinski definition) is 2. The Balaban J connectivity index is 0.000000631. The summed E-state index contributed by atoms with van der Waals surface area (Å²) in [6.45, 7) is 9.80. The Bertz CT molecular complexity index is 362. The van der Waals surface area contributed by atoms with E-state index in [1.165, 1.54) is 35.2 Å². The Morgan fingerprint density at radius 2 is 1.72 bits per heavy atom. The summed E-state index contributed by atoms with van der Waals surface area (Å²) < 4.78 is 0. The Hall–Kier alpha value is -1.71. The highest BCUT2D eigenvalue weighted by Crippen LogP contribution is 2.21. The van der Waals surface area contributed by atoms with Crippen molar-refractivity contribution in [3.05, 3.63) is 28.8 Å². The van der Waals surface area contributed by atoms with Gasteiger partial charge in [0.15, 0.2) is 0 Å². The molecule has 0 unspecified atom stereocenters. The van der Waals surface area contributed by atoms with Crippen LogP contribution in [0.3, 0.4) is 0 Å². The summed E-state index contributed by atoms with van der Waals surface area (Å²) >= 11 is 0. The summed E-state index contributed by atoms with van der Waals surface area (Å²) in [6, 6.07) is 4.47. The molecule has 0 radical (unpaired) electrons. The standard InChI is InChI=1S/C13H21N.CH3NO2/c1-5-6-7-14-13-11(3)8-10(2)9-12(13)4;2-1(3)4/h8-9,14H,5-7H2,1-4H3;2H2,(H,3,4). The quantitative estimate of drug-likeness (QED) is 0.718. The van der Waals surface area contributed by atoms with Crippen molar-refractivity contribution in [3.63, 3.8) is 0 Å². The maximum atomic E-state index is 8.78. The fourth-order valence-electron chi connectivity index (χ4n) is 1.85. The van der Waals surface area contributed by atoms with E-state index in [0.29, 0.717) is 0 Å². The molecule has 0 heterocycles. The van der Waals surface area contributed by atoms with Crippen molar-refractivity contribution in [1.29, 1.82) is 0 Å². The lowest BCUT2D eigenvalue weighted by Gasteiger charge is -2.13. The molecule has 18 heavy (non-hydrogen) atoms. The number of nitrogens with one attached hydrogen (secondary N) is 1. The van der Waals surface area contributed by atoms with Crippen LogP contribution in [0.5, 0.6) is 0 Å². The number of unbranched alkanes of at least 4 members (excludes halogenated alkanes) is 1. The van der Waals surface area contributed by atoms with Crippen molar-refractivity contribution >= 4 is 11.8 Å². The molecular formula is C14H24N2O2. The van der Waals surface area contributed by atoms with Crippen LogP contribution < -0.4 is 11.1 Å². The molecule has 4 N–H and O–H groups in total. The summed E-state index contributed by atoms with van der Waals surface area (Å²) in [5.41, 5.74) is 9.42. The first-order valence-corrected chi connectivity index (χ1v) is 6.18. The summed E-state index contributed by atoms with van der Waals surface area (Å²) in [6.07, 6.45) is 1.16. The van der Waals surface area contributed by atoms with Gasteiger partial charge in [-0.25, -0.2) is 4.79 Å². The predicted molar refractivity (Wildman–Crippen MR) is 76.3 cm³/mol. The third-order valence-electron chi connectivity index (χ3n) is 2.51. The first kappa shape index (κ1) is 16.3. The molecule has 0 saturated carbocycles. The molecular weight excluding hydrogens is 228 g/mol. The molecule has 0 saturated heterocycles. The normalized spacial score (nSPS) is 9.33. The molecule has 0 aromatic heterocycles. The highest BCUT2D eigenvalue weighted by Gasteiger charge is 2.01. The molecule has 0 aliphatic rings. The average molecular weight is 252 g/mol. The van der Waals surface area contributed by atoms with Gasteiger partial charge in [-0.15, -0.1) is 0 Å². The van der Waals surface area contributed by atoms with Gasteiger partial charge in [-0.3, -0.25) is 0 Å². The molecule has 0 aliphatic carbocycles. The number of rotatable bonds is 4. The number of benzene rings is 1. The summed E-state index contributed by atoms with van der Waals surface area (Å²) in [5, 5.41) is 10.7. The fourth-order valence-corrected chi connectivity index (χ4v) is 1.85. The molecule has 0 atom stereocenters. The van der Waals surface area contributed by atoms with Crippen LogP contribution in [0.4, 0.5) is 10.5 Å². The van der Waals surface area contributed by atoms with Gasteiger partial charge in [0, 0.05) is 12.2 Å². The lowest BCUT2D eigenvalue weighted by Crippen LogP contribution is -2.04. The van der Waals surface area contributed by atoms with Crippen LogP contribution in [0, 0.1) is 20.8 Å². The van der Waals surface area contributed by atoms with Crippen LogP contribution in [0.25, 0.3) is 0 Å². The third kappa shape index (κ3) is 6.78. The van der Waals surface area contributed by atoms with E-state index in [1.54, 1.807) is 0 Å². The Labute approximate surface area is 109 Å². The van der Waals surface area contributed by atoms with Crippen molar-refractivity contribution < 1.29 is 9.90 Å². The van der Waals surface area contributed by atoms with Gasteiger partial charge in [-0.1, -0.05) is 31.0 Å². The van der Waals surface area contributed by atoms with Crippen molar-refractivity contribution in [2.24, 2.45) is 5.73 Å². The zero-order chi connectivity index (χ0) is 14.1. The van der Waals surface area contributed by atoms with Crippen LogP contribution in [0.1, 0.15) is 36.5 Å². The number of aryl methyl sites for hydroxylation is 3. The second kappa shape index (κ2) is 8.39. The van der Waals surface area contributed by atoms with Crippen LogP contribution in [-0.4, -0.2) is 17.7 Å². The van der Waals surface area contributed by atoms with E-state index in [2.05, 4.69) is 50.9 Å². The van der Waals surface area contributed by atoms with Crippen LogP contribution >= 0.6 is 0 Å². The van der Waals surface area contributed by atoms with Crippen molar-refractivity contribution in [1.82, 2.24) is 0 Å². The minimum atomic E-state index is -1.33. The molecule has 4 nitrogen and oxygen atoms in total. The van der Waals surface area contributed by atoms with Gasteiger partial charge in [-0.2, -0.15) is 0 Å². The number of carboxylic acid groups (broad SMARTS) is 1. The van der Waals surface area contributed by atoms with Gasteiger partial charge in [-0.05, 0) is 38.3 Å². The molecule has 1 aromatic rings. The number of primary amides is 1. The molecule has 0 aliphatic heterocycles. The van der Waals surface area contributed by atoms with Gasteiger partial charge >= 0.3 is 6.09 Å². The SMILES string of the molecule is CCCCNc1c(C)cc(C)cc1C.NC(=O)O. The average Bonchev–Trinajstić information content (AvgIpc) is 2.21. The minimum absolute atomic E-state index is 1.08. The van der Waals surface area contributed by atoms with E-state index >= 15 is 0 Å². The maximum absolute atomic E-state index is 8.78. The van der Waals surface area contributed by atoms with Gasteiger partial charge in [0.2, 0.25) is 0 Å². The molecule has 1 aromatic carbocycles. The molecule has 0 bridgehead atoms. The van der Waals surface area contributed by atoms with Crippen LogP contribution in [0.2, 0.25) is 0 Å². The van der Waals surface area contributed by atoms with Gasteiger partial charge in [0.05, 0.1) is 0 Å². The number of nitrogens with two attached hydrogens (primary N) is 1. The Morgan fingerprint density at radius 1 is 1.28 bits per heavy atom. The Morgan fingerprint density at radius 3 is 2.11 bits per heavy atom. The first-order valence-electron chi connectivity index (χ1n) is 6.18. The smallest absolute Gasteiger partial charge is 0.402 e. The molecule has 4 heteroatoms. The zero-order valence-corrected chi connectivity index (χ0v) is 11.7. The molecule has 0 fully saturated rings. The van der Waals surface area contributed by atoms with E-state index in [0.717, 1.165) is 6.54 Å². The van der Waals surface area contributed by atoms with Crippen molar-refractivity contribution in [3.8, 4) is 0 Å². The fraction of sp³-hybridized carbons (Fsp3) is 0.500. The number of carbonyl (C=O) groups is 1. The van der Waals surface area contributed by atoms with E-state index in [-0.39, 0.29) is 0 Å². The monoisotopic (exact) mass is 252 g/mol. The topological polar surface area (TPSA) is 75.3 Å². The second-order valence-electron chi connectivity index (χ2n) is 4.39. The third-order valence-corrected chi connectivity index (χ3v) is 2.51. The van der Waals surface area contributed by atoms with Gasteiger partial charge < -0.3 is 16.2 Å². The predicted octanol–water partition coefficient (Wildman–Crippen LogP) is 3.45. The highest BCUT2D eigenvalue weighted by atomic mass is 16.4. The van der Waals surface area contributed by atoms with Crippen LogP contribution in [0.15, 0.2) is 12.1 Å². The summed E-state index contributed by atoms with van der Waals surface area (Å²) in [5.74, 6) is 0. The molecule has 0 spiro atoms. The molecule has 1 rings (SSSR count). The van der Waals surface area contributed by atoms with Crippen LogP contribution in [-0.2, 0) is 0 Å². The van der Waals surface area contributed by atoms with E-state index in [4.69, 9.17) is 9.90 Å². The molecule has 1 amide bonds. The van der Waals surface area contributed by atoms with Crippen molar-refractivity contribution in [2.75, 3.05) is 11.9 Å². The summed E-state index contributed by atoms with van der Waals surface area (Å²) in [4.78, 5) is 8.78. The van der Waals surface area contributed by atoms with Crippen molar-refractivity contribution in [2.45, 2.75) is 40.5 Å². The number of anilines is 1. The Kier molecular flexibility index (Phi) is 7.59. The minimum Gasteiger partial charge on any atom is -0.465 e. The summed E-state index contributed by atoms with van der Waals surface area (Å²) in [7, 11) is 0. The van der Waals surface area contributed by atoms with E-state index in [1.807, 2.05) is 0 Å². The second-order valence-corrected chi connectivity index (χ2v) is 4.39.